The minimum atomic E-state index is -1.23. The molecular weight excluding hydrogens is 392 g/mol. The lowest BCUT2D eigenvalue weighted by molar-refractivity contribution is -0.152. The Morgan fingerprint density at radius 2 is 1.69 bits per heavy atom. The molecule has 2 aromatic rings. The van der Waals surface area contributed by atoms with Crippen LogP contribution in [0.15, 0.2) is 48.5 Å². The fraction of sp³-hybridized carbons (Fsp3) is 0.318. The quantitative estimate of drug-likeness (QED) is 0.711. The van der Waals surface area contributed by atoms with Crippen molar-refractivity contribution in [1.29, 1.82) is 0 Å². The van der Waals surface area contributed by atoms with Crippen LogP contribution in [0.1, 0.15) is 33.2 Å². The summed E-state index contributed by atoms with van der Waals surface area (Å²) in [4.78, 5) is 41.6. The Labute approximate surface area is 174 Å². The maximum atomic E-state index is 13.1. The molecule has 2 aliphatic heterocycles. The highest BCUT2D eigenvalue weighted by molar-refractivity contribution is 6.30. The van der Waals surface area contributed by atoms with Gasteiger partial charge in [-0.25, -0.2) is 4.79 Å². The fourth-order valence-electron chi connectivity index (χ4n) is 3.90. The molecule has 150 valence electrons. The molecule has 1 fully saturated rings. The van der Waals surface area contributed by atoms with Gasteiger partial charge in [0.1, 0.15) is 0 Å². The molecule has 1 saturated heterocycles. The summed E-state index contributed by atoms with van der Waals surface area (Å²) in [5.74, 6) is -0.809. The van der Waals surface area contributed by atoms with Crippen molar-refractivity contribution in [2.45, 2.75) is 18.9 Å². The second kappa shape index (κ2) is 7.52. The summed E-state index contributed by atoms with van der Waals surface area (Å²) in [7, 11) is 0. The first kappa shape index (κ1) is 19.5. The molecule has 0 radical (unpaired) electrons. The van der Waals surface area contributed by atoms with Crippen molar-refractivity contribution in [3.05, 3.63) is 70.2 Å². The van der Waals surface area contributed by atoms with Crippen molar-refractivity contribution in [2.24, 2.45) is 0 Å². The van der Waals surface area contributed by atoms with Gasteiger partial charge in [0.2, 0.25) is 0 Å². The third-order valence-electron chi connectivity index (χ3n) is 5.46. The number of cyclic esters (lactones) is 1. The van der Waals surface area contributed by atoms with Crippen molar-refractivity contribution in [1.82, 2.24) is 9.80 Å². The number of ether oxygens (including phenoxy) is 1. The van der Waals surface area contributed by atoms with Crippen LogP contribution >= 0.6 is 11.6 Å². The highest BCUT2D eigenvalue weighted by atomic mass is 35.5. The number of rotatable bonds is 2. The van der Waals surface area contributed by atoms with Crippen LogP contribution in [-0.4, -0.2) is 59.4 Å². The maximum Gasteiger partial charge on any atom is 0.339 e. The first-order valence-electron chi connectivity index (χ1n) is 9.53. The first-order valence-corrected chi connectivity index (χ1v) is 9.91. The predicted octanol–water partition coefficient (Wildman–Crippen LogP) is 2.80. The number of nitrogens with zero attached hydrogens (tertiary/aromatic N) is 2. The Bertz CT molecular complexity index is 984. The highest BCUT2D eigenvalue weighted by Crippen LogP contribution is 2.30. The Kier molecular flexibility index (Phi) is 5.04. The largest absolute Gasteiger partial charge is 0.445 e. The highest BCUT2D eigenvalue weighted by Gasteiger charge is 2.45. The van der Waals surface area contributed by atoms with E-state index in [1.807, 2.05) is 12.1 Å². The van der Waals surface area contributed by atoms with E-state index in [1.165, 1.54) is 0 Å². The molecule has 1 unspecified atom stereocenters. The molecule has 2 amide bonds. The van der Waals surface area contributed by atoms with Crippen molar-refractivity contribution < 1.29 is 19.1 Å². The number of fused-ring (bicyclic) bond motifs is 1. The third-order valence-corrected chi connectivity index (χ3v) is 5.70. The lowest BCUT2D eigenvalue weighted by Crippen LogP contribution is -2.58. The van der Waals surface area contributed by atoms with Gasteiger partial charge >= 0.3 is 5.97 Å². The van der Waals surface area contributed by atoms with Crippen molar-refractivity contribution in [3.8, 4) is 0 Å². The van der Waals surface area contributed by atoms with Crippen LogP contribution in [0, 0.1) is 0 Å². The summed E-state index contributed by atoms with van der Waals surface area (Å²) in [5.41, 5.74) is 0.621. The summed E-state index contributed by atoms with van der Waals surface area (Å²) in [6, 6.07) is 14.0. The maximum absolute atomic E-state index is 13.1. The number of carbonyl (C=O) groups excluding carboxylic acids is 3. The van der Waals surface area contributed by atoms with Crippen LogP contribution in [0.2, 0.25) is 5.02 Å². The van der Waals surface area contributed by atoms with E-state index in [9.17, 15) is 14.4 Å². The monoisotopic (exact) mass is 412 g/mol. The summed E-state index contributed by atoms with van der Waals surface area (Å²) in [6.45, 7) is 3.27. The van der Waals surface area contributed by atoms with Crippen LogP contribution in [-0.2, 0) is 16.0 Å². The Morgan fingerprint density at radius 1 is 1.00 bits per heavy atom. The molecule has 1 atom stereocenters. The van der Waals surface area contributed by atoms with E-state index in [1.54, 1.807) is 53.1 Å². The third kappa shape index (κ3) is 3.72. The number of hydrogen-bond donors (Lipinski definition) is 0. The number of amides is 2. The molecule has 29 heavy (non-hydrogen) atoms. The number of carbonyl (C=O) groups is 3. The molecule has 4 rings (SSSR count). The van der Waals surface area contributed by atoms with E-state index in [4.69, 9.17) is 16.3 Å². The zero-order valence-electron chi connectivity index (χ0n) is 16.1. The van der Waals surface area contributed by atoms with Crippen LogP contribution < -0.4 is 0 Å². The van der Waals surface area contributed by atoms with Gasteiger partial charge in [-0.3, -0.25) is 9.59 Å². The van der Waals surface area contributed by atoms with Gasteiger partial charge in [0.15, 0.2) is 5.60 Å². The van der Waals surface area contributed by atoms with Crippen molar-refractivity contribution in [3.63, 3.8) is 0 Å². The molecule has 0 spiro atoms. The summed E-state index contributed by atoms with van der Waals surface area (Å²) in [5, 5.41) is 0.511. The molecule has 7 heteroatoms. The number of benzene rings is 2. The van der Waals surface area contributed by atoms with Gasteiger partial charge in [-0.05, 0) is 36.8 Å². The summed E-state index contributed by atoms with van der Waals surface area (Å²) in [6.07, 6.45) is 0.343. The lowest BCUT2D eigenvalue weighted by Gasteiger charge is -2.40. The van der Waals surface area contributed by atoms with Crippen molar-refractivity contribution in [2.75, 3.05) is 26.2 Å². The molecular formula is C22H21ClN2O4. The van der Waals surface area contributed by atoms with E-state index < -0.39 is 11.6 Å². The molecule has 2 aliphatic rings. The second-order valence-corrected chi connectivity index (χ2v) is 7.99. The lowest BCUT2D eigenvalue weighted by atomic mass is 9.88. The molecule has 0 saturated carbocycles. The second-order valence-electron chi connectivity index (χ2n) is 7.55. The summed E-state index contributed by atoms with van der Waals surface area (Å²) < 4.78 is 5.55. The molecule has 6 nitrogen and oxygen atoms in total. The Balaban J connectivity index is 1.43. The van der Waals surface area contributed by atoms with Gasteiger partial charge in [-0.15, -0.1) is 0 Å². The SMILES string of the molecule is CC1(C(=O)N2CCN(C(=O)c3cccc(Cl)c3)CC2)Cc2ccccc2C(=O)O1. The van der Waals surface area contributed by atoms with E-state index in [0.29, 0.717) is 48.7 Å². The number of halogens is 1. The fourth-order valence-corrected chi connectivity index (χ4v) is 4.09. The van der Waals surface area contributed by atoms with Gasteiger partial charge < -0.3 is 14.5 Å². The van der Waals surface area contributed by atoms with Gasteiger partial charge in [-0.2, -0.15) is 0 Å². The minimum Gasteiger partial charge on any atom is -0.445 e. The molecule has 0 bridgehead atoms. The van der Waals surface area contributed by atoms with Crippen LogP contribution in [0.3, 0.4) is 0 Å². The Morgan fingerprint density at radius 3 is 2.41 bits per heavy atom. The van der Waals surface area contributed by atoms with E-state index in [-0.39, 0.29) is 11.8 Å². The normalized spacial score (nSPS) is 21.4. The average Bonchev–Trinajstić information content (AvgIpc) is 2.73. The van der Waals surface area contributed by atoms with E-state index >= 15 is 0 Å². The van der Waals surface area contributed by atoms with Gasteiger partial charge in [0.25, 0.3) is 11.8 Å². The molecule has 0 aromatic heterocycles. The first-order chi connectivity index (χ1) is 13.9. The van der Waals surface area contributed by atoms with E-state index in [2.05, 4.69) is 0 Å². The van der Waals surface area contributed by atoms with Crippen LogP contribution in [0.25, 0.3) is 0 Å². The van der Waals surface area contributed by atoms with Gasteiger partial charge in [0, 0.05) is 43.2 Å². The summed E-state index contributed by atoms with van der Waals surface area (Å²) >= 11 is 5.98. The smallest absolute Gasteiger partial charge is 0.339 e. The molecule has 0 aliphatic carbocycles. The zero-order chi connectivity index (χ0) is 20.6. The topological polar surface area (TPSA) is 66.9 Å². The zero-order valence-corrected chi connectivity index (χ0v) is 16.8. The average molecular weight is 413 g/mol. The number of hydrogen-bond acceptors (Lipinski definition) is 4. The van der Waals surface area contributed by atoms with Crippen LogP contribution in [0.5, 0.6) is 0 Å². The molecule has 0 N–H and O–H groups in total. The molecule has 2 aromatic carbocycles. The van der Waals surface area contributed by atoms with Gasteiger partial charge in [-0.1, -0.05) is 35.9 Å². The van der Waals surface area contributed by atoms with Gasteiger partial charge in [0.05, 0.1) is 5.56 Å². The minimum absolute atomic E-state index is 0.108. The predicted molar refractivity (Wildman–Crippen MR) is 108 cm³/mol. The standard InChI is InChI=1S/C22H21ClN2O4/c1-22(14-16-5-2-3-8-18(16)20(27)29-22)21(28)25-11-9-24(10-12-25)19(26)15-6-4-7-17(23)13-15/h2-8,13H,9-12,14H2,1H3. The van der Waals surface area contributed by atoms with Crippen molar-refractivity contribution >= 4 is 29.4 Å². The Hall–Kier alpha value is -2.86. The number of esters is 1. The molecule has 2 heterocycles. The van der Waals surface area contributed by atoms with E-state index in [0.717, 1.165) is 5.56 Å². The van der Waals surface area contributed by atoms with Crippen LogP contribution in [0.4, 0.5) is 0 Å². The number of piperazine rings is 1.